The number of halogens is 3. The Morgan fingerprint density at radius 1 is 1.19 bits per heavy atom. The molecule has 27 heavy (non-hydrogen) atoms. The molecule has 0 saturated carbocycles. The van der Waals surface area contributed by atoms with Gasteiger partial charge in [-0.2, -0.15) is 0 Å². The van der Waals surface area contributed by atoms with Crippen molar-refractivity contribution < 1.29 is 13.5 Å². The summed E-state index contributed by atoms with van der Waals surface area (Å²) < 4.78 is 32.2. The molecule has 2 aromatic rings. The summed E-state index contributed by atoms with van der Waals surface area (Å²) in [5, 5.41) is 6.23. The second-order valence-electron chi connectivity index (χ2n) is 5.69. The highest BCUT2D eigenvalue weighted by atomic mass is 127. The van der Waals surface area contributed by atoms with Crippen LogP contribution in [0.15, 0.2) is 41.5 Å². The Morgan fingerprint density at radius 3 is 2.67 bits per heavy atom. The van der Waals surface area contributed by atoms with E-state index in [-0.39, 0.29) is 24.0 Å². The molecule has 1 aromatic carbocycles. The zero-order valence-corrected chi connectivity index (χ0v) is 17.8. The third-order valence-corrected chi connectivity index (χ3v) is 3.63. The lowest BCUT2D eigenvalue weighted by Gasteiger charge is -2.12. The molecule has 0 saturated heterocycles. The van der Waals surface area contributed by atoms with Crippen molar-refractivity contribution >= 4 is 29.9 Å². The van der Waals surface area contributed by atoms with Gasteiger partial charge >= 0.3 is 0 Å². The molecule has 0 aliphatic carbocycles. The maximum atomic E-state index is 13.6. The van der Waals surface area contributed by atoms with Crippen LogP contribution in [0.1, 0.15) is 24.5 Å². The van der Waals surface area contributed by atoms with Crippen molar-refractivity contribution in [3.05, 3.63) is 59.3 Å². The van der Waals surface area contributed by atoms with Crippen LogP contribution in [0, 0.1) is 11.6 Å². The van der Waals surface area contributed by atoms with Crippen molar-refractivity contribution in [2.75, 3.05) is 20.2 Å². The fourth-order valence-electron chi connectivity index (χ4n) is 2.26. The van der Waals surface area contributed by atoms with E-state index in [0.29, 0.717) is 43.5 Å². The maximum Gasteiger partial charge on any atom is 0.213 e. The molecule has 2 rings (SSSR count). The SMILES string of the molecule is CCCOc1ccc(CNC(=NC)NCCc2cc(F)ccc2F)cn1.I. The first kappa shape index (κ1) is 23.1. The zero-order chi connectivity index (χ0) is 18.8. The van der Waals surface area contributed by atoms with Gasteiger partial charge in [-0.15, -0.1) is 24.0 Å². The van der Waals surface area contributed by atoms with Crippen molar-refractivity contribution in [3.8, 4) is 5.88 Å². The smallest absolute Gasteiger partial charge is 0.213 e. The summed E-state index contributed by atoms with van der Waals surface area (Å²) in [5.41, 5.74) is 1.31. The molecule has 0 aliphatic rings. The minimum Gasteiger partial charge on any atom is -0.478 e. The van der Waals surface area contributed by atoms with E-state index in [4.69, 9.17) is 4.74 Å². The normalized spacial score (nSPS) is 10.9. The lowest BCUT2D eigenvalue weighted by Crippen LogP contribution is -2.37. The number of nitrogens with zero attached hydrogens (tertiary/aromatic N) is 2. The number of ether oxygens (including phenoxy) is 1. The van der Waals surface area contributed by atoms with E-state index in [1.807, 2.05) is 19.1 Å². The Hall–Kier alpha value is -1.97. The van der Waals surface area contributed by atoms with Crippen LogP contribution in [0.2, 0.25) is 0 Å². The van der Waals surface area contributed by atoms with Gasteiger partial charge in [0.25, 0.3) is 0 Å². The van der Waals surface area contributed by atoms with Crippen molar-refractivity contribution in [2.24, 2.45) is 4.99 Å². The van der Waals surface area contributed by atoms with Gasteiger partial charge in [-0.25, -0.2) is 13.8 Å². The molecule has 0 fully saturated rings. The van der Waals surface area contributed by atoms with E-state index in [1.54, 1.807) is 13.2 Å². The minimum absolute atomic E-state index is 0. The van der Waals surface area contributed by atoms with Crippen LogP contribution in [0.25, 0.3) is 0 Å². The quantitative estimate of drug-likeness (QED) is 0.337. The van der Waals surface area contributed by atoms with Gasteiger partial charge in [-0.1, -0.05) is 13.0 Å². The summed E-state index contributed by atoms with van der Waals surface area (Å²) in [6.45, 7) is 3.66. The molecular formula is C19H25F2IN4O. The van der Waals surface area contributed by atoms with Gasteiger partial charge in [0.05, 0.1) is 6.61 Å². The molecule has 1 aromatic heterocycles. The summed E-state index contributed by atoms with van der Waals surface area (Å²) in [7, 11) is 1.65. The largest absolute Gasteiger partial charge is 0.478 e. The highest BCUT2D eigenvalue weighted by Gasteiger charge is 2.05. The van der Waals surface area contributed by atoms with Crippen LogP contribution in [0.3, 0.4) is 0 Å². The predicted octanol–water partition coefficient (Wildman–Crippen LogP) is 3.67. The summed E-state index contributed by atoms with van der Waals surface area (Å²) in [5.74, 6) is 0.332. The highest BCUT2D eigenvalue weighted by Crippen LogP contribution is 2.10. The molecule has 0 radical (unpaired) electrons. The first-order valence-corrected chi connectivity index (χ1v) is 8.58. The Kier molecular flexibility index (Phi) is 10.6. The molecule has 0 spiro atoms. The third kappa shape index (κ3) is 8.06. The van der Waals surface area contributed by atoms with Gasteiger partial charge in [0.2, 0.25) is 5.88 Å². The summed E-state index contributed by atoms with van der Waals surface area (Å²) in [6, 6.07) is 7.22. The summed E-state index contributed by atoms with van der Waals surface area (Å²) >= 11 is 0. The first-order chi connectivity index (χ1) is 12.6. The molecule has 0 unspecified atom stereocenters. The topological polar surface area (TPSA) is 58.5 Å². The van der Waals surface area contributed by atoms with Crippen LogP contribution in [-0.4, -0.2) is 31.1 Å². The first-order valence-electron chi connectivity index (χ1n) is 8.58. The van der Waals surface area contributed by atoms with Crippen LogP contribution < -0.4 is 15.4 Å². The molecule has 0 amide bonds. The van der Waals surface area contributed by atoms with Gasteiger partial charge in [-0.3, -0.25) is 4.99 Å². The number of hydrogen-bond acceptors (Lipinski definition) is 3. The number of aliphatic imine (C=N–C) groups is 1. The van der Waals surface area contributed by atoms with Gasteiger partial charge in [0.1, 0.15) is 11.6 Å². The zero-order valence-electron chi connectivity index (χ0n) is 15.5. The second kappa shape index (κ2) is 12.4. The predicted molar refractivity (Wildman–Crippen MR) is 114 cm³/mol. The minimum atomic E-state index is -0.442. The van der Waals surface area contributed by atoms with E-state index in [0.717, 1.165) is 24.1 Å². The number of rotatable bonds is 8. The van der Waals surface area contributed by atoms with Crippen molar-refractivity contribution in [1.82, 2.24) is 15.6 Å². The molecule has 0 aliphatic heterocycles. The van der Waals surface area contributed by atoms with E-state index in [2.05, 4.69) is 20.6 Å². The van der Waals surface area contributed by atoms with Gasteiger partial charge in [-0.05, 0) is 42.2 Å². The van der Waals surface area contributed by atoms with E-state index in [1.165, 1.54) is 6.07 Å². The summed E-state index contributed by atoms with van der Waals surface area (Å²) in [6.07, 6.45) is 3.04. The number of nitrogens with one attached hydrogen (secondary N) is 2. The Morgan fingerprint density at radius 2 is 2.00 bits per heavy atom. The Labute approximate surface area is 175 Å². The molecule has 1 heterocycles. The molecule has 8 heteroatoms. The standard InChI is InChI=1S/C19H24F2N4O.HI/c1-3-10-26-18-7-4-14(12-24-18)13-25-19(22-2)23-9-8-15-11-16(20)5-6-17(15)21;/h4-7,11-12H,3,8-10,13H2,1-2H3,(H2,22,23,25);1H. The lowest BCUT2D eigenvalue weighted by atomic mass is 10.1. The average Bonchev–Trinajstić information content (AvgIpc) is 2.66. The van der Waals surface area contributed by atoms with E-state index in [9.17, 15) is 8.78 Å². The number of guanidine groups is 1. The van der Waals surface area contributed by atoms with Crippen LogP contribution >= 0.6 is 24.0 Å². The molecule has 5 nitrogen and oxygen atoms in total. The second-order valence-corrected chi connectivity index (χ2v) is 5.69. The number of aromatic nitrogens is 1. The van der Waals surface area contributed by atoms with Crippen LogP contribution in [0.5, 0.6) is 5.88 Å². The summed E-state index contributed by atoms with van der Waals surface area (Å²) in [4.78, 5) is 8.35. The maximum absolute atomic E-state index is 13.6. The van der Waals surface area contributed by atoms with Crippen LogP contribution in [0.4, 0.5) is 8.78 Å². The molecular weight excluding hydrogens is 465 g/mol. The fourth-order valence-corrected chi connectivity index (χ4v) is 2.26. The number of hydrogen-bond donors (Lipinski definition) is 2. The third-order valence-electron chi connectivity index (χ3n) is 3.63. The highest BCUT2D eigenvalue weighted by molar-refractivity contribution is 14.0. The molecule has 2 N–H and O–H groups in total. The van der Waals surface area contributed by atoms with Gasteiger partial charge in [0, 0.05) is 32.4 Å². The lowest BCUT2D eigenvalue weighted by molar-refractivity contribution is 0.305. The number of benzene rings is 1. The Bertz CT molecular complexity index is 726. The molecule has 148 valence electrons. The van der Waals surface area contributed by atoms with Crippen LogP contribution in [-0.2, 0) is 13.0 Å². The monoisotopic (exact) mass is 490 g/mol. The number of pyridine rings is 1. The van der Waals surface area contributed by atoms with Gasteiger partial charge < -0.3 is 15.4 Å². The fraction of sp³-hybridized carbons (Fsp3) is 0.368. The van der Waals surface area contributed by atoms with Crippen molar-refractivity contribution in [1.29, 1.82) is 0 Å². The van der Waals surface area contributed by atoms with Gasteiger partial charge in [0.15, 0.2) is 5.96 Å². The molecule has 0 bridgehead atoms. The average molecular weight is 490 g/mol. The van der Waals surface area contributed by atoms with Crippen molar-refractivity contribution in [3.63, 3.8) is 0 Å². The molecule has 0 atom stereocenters. The Balaban J connectivity index is 0.00000364. The van der Waals surface area contributed by atoms with E-state index >= 15 is 0 Å². The van der Waals surface area contributed by atoms with E-state index < -0.39 is 11.6 Å². The van der Waals surface area contributed by atoms with Crippen molar-refractivity contribution in [2.45, 2.75) is 26.3 Å².